The van der Waals surface area contributed by atoms with Crippen LogP contribution in [0.3, 0.4) is 0 Å². The van der Waals surface area contributed by atoms with E-state index in [1.807, 2.05) is 25.1 Å². The molecule has 0 bridgehead atoms. The van der Waals surface area contributed by atoms with Crippen LogP contribution in [0.4, 0.5) is 0 Å². The van der Waals surface area contributed by atoms with Gasteiger partial charge in [0, 0.05) is 12.1 Å². The third-order valence-corrected chi connectivity index (χ3v) is 4.47. The highest BCUT2D eigenvalue weighted by Gasteiger charge is 2.22. The predicted octanol–water partition coefficient (Wildman–Crippen LogP) is 3.34. The normalized spacial score (nSPS) is 13.3. The van der Waals surface area contributed by atoms with Crippen molar-refractivity contribution >= 4 is 11.9 Å². The summed E-state index contributed by atoms with van der Waals surface area (Å²) in [4.78, 5) is 23.5. The van der Waals surface area contributed by atoms with Crippen LogP contribution < -0.4 is 10.1 Å². The van der Waals surface area contributed by atoms with Crippen molar-refractivity contribution in [2.45, 2.75) is 32.7 Å². The molecule has 1 aliphatic carbocycles. The van der Waals surface area contributed by atoms with Gasteiger partial charge in [0.05, 0.1) is 18.6 Å². The maximum atomic E-state index is 12.3. The van der Waals surface area contributed by atoms with Crippen LogP contribution in [0.25, 0.3) is 0 Å². The maximum absolute atomic E-state index is 12.3. The summed E-state index contributed by atoms with van der Waals surface area (Å²) in [6.07, 6.45) is 2.48. The molecule has 0 saturated heterocycles. The first-order chi connectivity index (χ1) is 12.5. The molecule has 5 heteroatoms. The monoisotopic (exact) mass is 353 g/mol. The number of hydrogen-bond donors (Lipinski definition) is 2. The fraction of sp³-hybridized carbons (Fsp3) is 0.333. The third-order valence-electron chi connectivity index (χ3n) is 4.47. The van der Waals surface area contributed by atoms with Crippen molar-refractivity contribution < 1.29 is 19.4 Å². The maximum Gasteiger partial charge on any atom is 0.335 e. The summed E-state index contributed by atoms with van der Waals surface area (Å²) in [6, 6.07) is 12.5. The molecule has 136 valence electrons. The summed E-state index contributed by atoms with van der Waals surface area (Å²) < 4.78 is 5.91. The standard InChI is InChI=1S/C21H23NO4/c1-14-6-9-17(19(10-14)26-13-15-7-8-15)12-22-20(23)11-16-4-2-3-5-18(16)21(24)25/h2-6,9-10,15H,7-8,11-13H2,1H3,(H,22,23)(H,24,25). The minimum absolute atomic E-state index is 0.0343. The third kappa shape index (κ3) is 4.85. The molecule has 26 heavy (non-hydrogen) atoms. The zero-order valence-corrected chi connectivity index (χ0v) is 14.8. The van der Waals surface area contributed by atoms with Crippen LogP contribution in [0, 0.1) is 12.8 Å². The number of nitrogens with one attached hydrogen (secondary N) is 1. The Morgan fingerprint density at radius 2 is 1.92 bits per heavy atom. The highest BCUT2D eigenvalue weighted by Crippen LogP contribution is 2.30. The van der Waals surface area contributed by atoms with Crippen LogP contribution in [0.1, 0.15) is 39.9 Å². The second-order valence-electron chi connectivity index (χ2n) is 6.78. The number of carboxylic acid groups (broad SMARTS) is 1. The smallest absolute Gasteiger partial charge is 0.335 e. The Hall–Kier alpha value is -2.82. The van der Waals surface area contributed by atoms with E-state index in [1.54, 1.807) is 18.2 Å². The van der Waals surface area contributed by atoms with Crippen LogP contribution in [0.5, 0.6) is 5.75 Å². The zero-order valence-electron chi connectivity index (χ0n) is 14.8. The topological polar surface area (TPSA) is 75.6 Å². The fourth-order valence-corrected chi connectivity index (χ4v) is 2.75. The van der Waals surface area contributed by atoms with Gasteiger partial charge in [0.25, 0.3) is 0 Å². The molecule has 1 amide bonds. The molecule has 0 unspecified atom stereocenters. The number of benzene rings is 2. The Labute approximate surface area is 153 Å². The molecular formula is C21H23NO4. The van der Waals surface area contributed by atoms with Crippen molar-refractivity contribution in [2.24, 2.45) is 5.92 Å². The van der Waals surface area contributed by atoms with E-state index in [1.165, 1.54) is 18.9 Å². The van der Waals surface area contributed by atoms with E-state index in [-0.39, 0.29) is 17.9 Å². The van der Waals surface area contributed by atoms with E-state index in [9.17, 15) is 14.7 Å². The van der Waals surface area contributed by atoms with Gasteiger partial charge in [-0.25, -0.2) is 4.79 Å². The van der Waals surface area contributed by atoms with Crippen molar-refractivity contribution in [1.29, 1.82) is 0 Å². The summed E-state index contributed by atoms with van der Waals surface area (Å²) in [5, 5.41) is 12.1. The van der Waals surface area contributed by atoms with Gasteiger partial charge in [-0.1, -0.05) is 30.3 Å². The van der Waals surface area contributed by atoms with Crippen LogP contribution in [0.2, 0.25) is 0 Å². The van der Waals surface area contributed by atoms with Gasteiger partial charge < -0.3 is 15.2 Å². The highest BCUT2D eigenvalue weighted by molar-refractivity contribution is 5.91. The molecule has 3 rings (SSSR count). The molecule has 1 saturated carbocycles. The van der Waals surface area contributed by atoms with Gasteiger partial charge in [-0.15, -0.1) is 0 Å². The summed E-state index contributed by atoms with van der Waals surface area (Å²) in [6.45, 7) is 3.08. The lowest BCUT2D eigenvalue weighted by atomic mass is 10.0. The molecule has 1 aliphatic rings. The van der Waals surface area contributed by atoms with E-state index in [2.05, 4.69) is 5.32 Å². The van der Waals surface area contributed by atoms with Gasteiger partial charge in [0.1, 0.15) is 5.75 Å². The number of carbonyl (C=O) groups is 2. The SMILES string of the molecule is Cc1ccc(CNC(=O)Cc2ccccc2C(=O)O)c(OCC2CC2)c1. The molecular weight excluding hydrogens is 330 g/mol. The second kappa shape index (κ2) is 8.04. The van der Waals surface area contributed by atoms with Crippen molar-refractivity contribution in [3.8, 4) is 5.75 Å². The molecule has 0 radical (unpaired) electrons. The molecule has 0 heterocycles. The van der Waals surface area contributed by atoms with Gasteiger partial charge in [-0.3, -0.25) is 4.79 Å². The largest absolute Gasteiger partial charge is 0.493 e. The van der Waals surface area contributed by atoms with Gasteiger partial charge in [0.2, 0.25) is 5.91 Å². The van der Waals surface area contributed by atoms with Crippen molar-refractivity contribution in [1.82, 2.24) is 5.32 Å². The van der Waals surface area contributed by atoms with E-state index < -0.39 is 5.97 Å². The Bertz CT molecular complexity index is 811. The lowest BCUT2D eigenvalue weighted by Crippen LogP contribution is -2.25. The lowest BCUT2D eigenvalue weighted by molar-refractivity contribution is -0.120. The molecule has 1 fully saturated rings. The molecule has 2 N–H and O–H groups in total. The molecule has 0 spiro atoms. The molecule has 0 aliphatic heterocycles. The highest BCUT2D eigenvalue weighted by atomic mass is 16.5. The van der Waals surface area contributed by atoms with E-state index in [0.29, 0.717) is 18.0 Å². The van der Waals surface area contributed by atoms with Crippen LogP contribution in [-0.2, 0) is 17.8 Å². The van der Waals surface area contributed by atoms with E-state index in [4.69, 9.17) is 4.74 Å². The lowest BCUT2D eigenvalue weighted by Gasteiger charge is -2.13. The Morgan fingerprint density at radius 1 is 1.15 bits per heavy atom. The van der Waals surface area contributed by atoms with Gasteiger partial charge >= 0.3 is 5.97 Å². The number of aryl methyl sites for hydroxylation is 1. The van der Waals surface area contributed by atoms with Gasteiger partial charge in [-0.05, 0) is 48.9 Å². The van der Waals surface area contributed by atoms with Crippen LogP contribution >= 0.6 is 0 Å². The van der Waals surface area contributed by atoms with E-state index >= 15 is 0 Å². The molecule has 0 aromatic heterocycles. The number of rotatable bonds is 8. The zero-order chi connectivity index (χ0) is 18.5. The number of carbonyl (C=O) groups excluding carboxylic acids is 1. The number of carboxylic acids is 1. The quantitative estimate of drug-likeness (QED) is 0.763. The average molecular weight is 353 g/mol. The van der Waals surface area contributed by atoms with Crippen LogP contribution in [-0.4, -0.2) is 23.6 Å². The number of ether oxygens (including phenoxy) is 1. The van der Waals surface area contributed by atoms with Gasteiger partial charge in [-0.2, -0.15) is 0 Å². The Balaban J connectivity index is 1.61. The van der Waals surface area contributed by atoms with E-state index in [0.717, 1.165) is 23.5 Å². The summed E-state index contributed by atoms with van der Waals surface area (Å²) in [5.74, 6) is 0.226. The van der Waals surface area contributed by atoms with Crippen LogP contribution in [0.15, 0.2) is 42.5 Å². The first-order valence-electron chi connectivity index (χ1n) is 8.83. The summed E-state index contributed by atoms with van der Waals surface area (Å²) in [7, 11) is 0. The molecule has 2 aromatic carbocycles. The first-order valence-corrected chi connectivity index (χ1v) is 8.83. The summed E-state index contributed by atoms with van der Waals surface area (Å²) in [5.41, 5.74) is 2.70. The molecule has 5 nitrogen and oxygen atoms in total. The fourth-order valence-electron chi connectivity index (χ4n) is 2.75. The number of hydrogen-bond acceptors (Lipinski definition) is 3. The molecule has 2 aromatic rings. The number of amides is 1. The van der Waals surface area contributed by atoms with Crippen molar-refractivity contribution in [3.63, 3.8) is 0 Å². The first kappa shape index (κ1) is 18.0. The average Bonchev–Trinajstić information content (AvgIpc) is 3.44. The Kier molecular flexibility index (Phi) is 5.56. The summed E-state index contributed by atoms with van der Waals surface area (Å²) >= 11 is 0. The molecule has 0 atom stereocenters. The second-order valence-corrected chi connectivity index (χ2v) is 6.78. The minimum atomic E-state index is -1.03. The predicted molar refractivity (Wildman–Crippen MR) is 98.4 cm³/mol. The number of aromatic carboxylic acids is 1. The van der Waals surface area contributed by atoms with Crippen molar-refractivity contribution in [2.75, 3.05) is 6.61 Å². The van der Waals surface area contributed by atoms with Gasteiger partial charge in [0.15, 0.2) is 0 Å². The Morgan fingerprint density at radius 3 is 2.65 bits per heavy atom. The minimum Gasteiger partial charge on any atom is -0.493 e. The van der Waals surface area contributed by atoms with Crippen molar-refractivity contribution in [3.05, 3.63) is 64.7 Å².